The largest absolute Gasteiger partial charge is 0.369 e. The molecular weight excluding hydrogens is 321 g/mol. The molecule has 5 heteroatoms. The van der Waals surface area contributed by atoms with E-state index in [4.69, 9.17) is 0 Å². The van der Waals surface area contributed by atoms with Gasteiger partial charge in [0, 0.05) is 12.7 Å². The summed E-state index contributed by atoms with van der Waals surface area (Å²) in [5.41, 5.74) is 0. The average molecular weight is 335 g/mol. The van der Waals surface area contributed by atoms with Crippen molar-refractivity contribution in [2.24, 2.45) is 5.92 Å². The summed E-state index contributed by atoms with van der Waals surface area (Å²) in [5, 5.41) is 3.41. The van der Waals surface area contributed by atoms with E-state index in [-0.39, 0.29) is 0 Å². The van der Waals surface area contributed by atoms with E-state index in [0.29, 0.717) is 0 Å². The molecule has 1 fully saturated rings. The van der Waals surface area contributed by atoms with Crippen LogP contribution in [0.3, 0.4) is 0 Å². The van der Waals surface area contributed by atoms with Gasteiger partial charge in [-0.15, -0.1) is 0 Å². The van der Waals surface area contributed by atoms with Crippen LogP contribution in [0.2, 0.25) is 0 Å². The fraction of sp³-hybridized carbons (Fsp3) is 0.600. The Morgan fingerprint density at radius 2 is 2.27 bits per heavy atom. The summed E-state index contributed by atoms with van der Waals surface area (Å²) < 4.78 is 1.10. The highest BCUT2D eigenvalue weighted by Gasteiger charge is 2.13. The van der Waals surface area contributed by atoms with E-state index in [1.54, 1.807) is 6.33 Å². The number of anilines is 1. The molecule has 0 aliphatic carbocycles. The van der Waals surface area contributed by atoms with Crippen LogP contribution in [0.5, 0.6) is 0 Å². The van der Waals surface area contributed by atoms with Crippen molar-refractivity contribution in [3.63, 3.8) is 0 Å². The van der Waals surface area contributed by atoms with Crippen LogP contribution >= 0.6 is 34.4 Å². The predicted molar refractivity (Wildman–Crippen MR) is 73.3 cm³/mol. The minimum atomic E-state index is 0.817. The molecule has 0 atom stereocenters. The Hall–Kier alpha value is -0.0400. The van der Waals surface area contributed by atoms with Crippen LogP contribution in [0.4, 0.5) is 5.82 Å². The van der Waals surface area contributed by atoms with E-state index >= 15 is 0 Å². The standard InChI is InChI=1S/C10H14IN3S/c11-9-6-12-7-14-10(9)13-5-8-1-3-15-4-2-8/h6-8H,1-5H2,(H,12,13,14). The molecule has 0 unspecified atom stereocenters. The first-order valence-corrected chi connectivity index (χ1v) is 7.36. The zero-order chi connectivity index (χ0) is 10.5. The third-order valence-electron chi connectivity index (χ3n) is 2.57. The molecule has 0 bridgehead atoms. The normalized spacial score (nSPS) is 17.7. The molecule has 1 saturated heterocycles. The highest BCUT2D eigenvalue weighted by atomic mass is 127. The number of hydrogen-bond donors (Lipinski definition) is 1. The minimum Gasteiger partial charge on any atom is -0.369 e. The molecule has 0 saturated carbocycles. The van der Waals surface area contributed by atoms with Crippen LogP contribution < -0.4 is 5.32 Å². The second-order valence-corrected chi connectivity index (χ2v) is 6.04. The number of aromatic nitrogens is 2. The van der Waals surface area contributed by atoms with E-state index < -0.39 is 0 Å². The predicted octanol–water partition coefficient (Wildman–Crippen LogP) is 2.64. The van der Waals surface area contributed by atoms with Crippen LogP contribution in [0.1, 0.15) is 12.8 Å². The van der Waals surface area contributed by atoms with E-state index in [1.807, 2.05) is 6.20 Å². The number of nitrogens with zero attached hydrogens (tertiary/aromatic N) is 2. The van der Waals surface area contributed by atoms with Gasteiger partial charge in [0.25, 0.3) is 0 Å². The van der Waals surface area contributed by atoms with Crippen molar-refractivity contribution in [3.8, 4) is 0 Å². The van der Waals surface area contributed by atoms with Gasteiger partial charge in [0.15, 0.2) is 0 Å². The maximum Gasteiger partial charge on any atom is 0.142 e. The molecule has 3 nitrogen and oxygen atoms in total. The van der Waals surface area contributed by atoms with Gasteiger partial charge < -0.3 is 5.32 Å². The Bertz CT molecular complexity index is 315. The molecule has 2 heterocycles. The van der Waals surface area contributed by atoms with Crippen LogP contribution in [0.15, 0.2) is 12.5 Å². The number of hydrogen-bond acceptors (Lipinski definition) is 4. The molecule has 0 amide bonds. The van der Waals surface area contributed by atoms with Gasteiger partial charge in [-0.3, -0.25) is 0 Å². The lowest BCUT2D eigenvalue weighted by atomic mass is 10.0. The Morgan fingerprint density at radius 1 is 1.47 bits per heavy atom. The maximum absolute atomic E-state index is 4.23. The monoisotopic (exact) mass is 335 g/mol. The first kappa shape index (κ1) is 11.4. The van der Waals surface area contributed by atoms with Gasteiger partial charge in [0.1, 0.15) is 12.1 Å². The van der Waals surface area contributed by atoms with Crippen molar-refractivity contribution in [3.05, 3.63) is 16.1 Å². The van der Waals surface area contributed by atoms with Crippen molar-refractivity contribution in [2.45, 2.75) is 12.8 Å². The van der Waals surface area contributed by atoms with Gasteiger partial charge in [-0.25, -0.2) is 9.97 Å². The Labute approximate surface area is 108 Å². The highest BCUT2D eigenvalue weighted by Crippen LogP contribution is 2.23. The Kier molecular flexibility index (Phi) is 4.49. The molecule has 0 aromatic carbocycles. The van der Waals surface area contributed by atoms with Gasteiger partial charge in [-0.2, -0.15) is 11.8 Å². The molecule has 1 aliphatic rings. The molecule has 0 spiro atoms. The summed E-state index contributed by atoms with van der Waals surface area (Å²) in [5.74, 6) is 4.42. The summed E-state index contributed by atoms with van der Waals surface area (Å²) in [6.45, 7) is 1.05. The number of rotatable bonds is 3. The Balaban J connectivity index is 1.84. The van der Waals surface area contributed by atoms with Crippen molar-refractivity contribution in [2.75, 3.05) is 23.4 Å². The van der Waals surface area contributed by atoms with Crippen molar-refractivity contribution < 1.29 is 0 Å². The molecule has 82 valence electrons. The topological polar surface area (TPSA) is 37.8 Å². The first-order chi connectivity index (χ1) is 7.36. The van der Waals surface area contributed by atoms with Crippen LogP contribution in [0.25, 0.3) is 0 Å². The highest BCUT2D eigenvalue weighted by molar-refractivity contribution is 14.1. The summed E-state index contributed by atoms with van der Waals surface area (Å²) in [4.78, 5) is 8.21. The Morgan fingerprint density at radius 3 is 3.00 bits per heavy atom. The molecule has 1 aromatic rings. The van der Waals surface area contributed by atoms with Gasteiger partial charge in [0.2, 0.25) is 0 Å². The maximum atomic E-state index is 4.23. The summed E-state index contributed by atoms with van der Waals surface area (Å²) >= 11 is 4.33. The number of nitrogens with one attached hydrogen (secondary N) is 1. The second kappa shape index (κ2) is 5.89. The fourth-order valence-corrected chi connectivity index (χ4v) is 3.33. The van der Waals surface area contributed by atoms with Crippen LogP contribution in [-0.4, -0.2) is 28.0 Å². The molecule has 2 rings (SSSR count). The molecule has 1 aromatic heterocycles. The number of thioether (sulfide) groups is 1. The number of halogens is 1. The third-order valence-corrected chi connectivity index (χ3v) is 4.40. The molecule has 1 N–H and O–H groups in total. The molecule has 15 heavy (non-hydrogen) atoms. The zero-order valence-corrected chi connectivity index (χ0v) is 11.4. The van der Waals surface area contributed by atoms with Gasteiger partial charge in [-0.1, -0.05) is 0 Å². The van der Waals surface area contributed by atoms with Crippen molar-refractivity contribution >= 4 is 40.2 Å². The van der Waals surface area contributed by atoms with E-state index in [9.17, 15) is 0 Å². The SMILES string of the molecule is Ic1cncnc1NCC1CCSCC1. The lowest BCUT2D eigenvalue weighted by Crippen LogP contribution is -2.20. The lowest BCUT2D eigenvalue weighted by Gasteiger charge is -2.21. The second-order valence-electron chi connectivity index (χ2n) is 3.66. The third kappa shape index (κ3) is 3.48. The van der Waals surface area contributed by atoms with E-state index in [1.165, 1.54) is 24.3 Å². The van der Waals surface area contributed by atoms with Gasteiger partial charge in [-0.05, 0) is 52.9 Å². The van der Waals surface area contributed by atoms with Crippen molar-refractivity contribution in [1.29, 1.82) is 0 Å². The summed E-state index contributed by atoms with van der Waals surface area (Å²) in [6, 6.07) is 0. The van der Waals surface area contributed by atoms with Crippen LogP contribution in [-0.2, 0) is 0 Å². The quantitative estimate of drug-likeness (QED) is 0.862. The lowest BCUT2D eigenvalue weighted by molar-refractivity contribution is 0.515. The fourth-order valence-electron chi connectivity index (χ4n) is 1.63. The van der Waals surface area contributed by atoms with Gasteiger partial charge in [0.05, 0.1) is 3.57 Å². The molecular formula is C10H14IN3S. The first-order valence-electron chi connectivity index (χ1n) is 5.13. The van der Waals surface area contributed by atoms with Gasteiger partial charge >= 0.3 is 0 Å². The minimum absolute atomic E-state index is 0.817. The smallest absolute Gasteiger partial charge is 0.142 e. The van der Waals surface area contributed by atoms with E-state index in [2.05, 4.69) is 49.6 Å². The zero-order valence-electron chi connectivity index (χ0n) is 8.45. The summed E-state index contributed by atoms with van der Waals surface area (Å²) in [7, 11) is 0. The molecule has 1 aliphatic heterocycles. The van der Waals surface area contributed by atoms with Crippen LogP contribution in [0, 0.1) is 9.49 Å². The summed E-state index contributed by atoms with van der Waals surface area (Å²) in [6.07, 6.45) is 6.10. The van der Waals surface area contributed by atoms with E-state index in [0.717, 1.165) is 21.9 Å². The average Bonchev–Trinajstić information content (AvgIpc) is 2.29. The van der Waals surface area contributed by atoms with Crippen molar-refractivity contribution in [1.82, 2.24) is 9.97 Å². The molecule has 0 radical (unpaired) electrons.